The molecule has 0 aromatic heterocycles. The lowest BCUT2D eigenvalue weighted by Crippen LogP contribution is -2.57. The summed E-state index contributed by atoms with van der Waals surface area (Å²) in [6.07, 6.45) is 4.37. The highest BCUT2D eigenvalue weighted by molar-refractivity contribution is 5.79. The molecule has 0 radical (unpaired) electrons. The van der Waals surface area contributed by atoms with Gasteiger partial charge in [-0.3, -0.25) is 4.99 Å². The second-order valence-electron chi connectivity index (χ2n) is 8.50. The number of aliphatic imine (C=N–C) groups is 1. The van der Waals surface area contributed by atoms with Gasteiger partial charge >= 0.3 is 6.09 Å². The summed E-state index contributed by atoms with van der Waals surface area (Å²) in [5, 5.41) is 9.68. The third-order valence-corrected chi connectivity index (χ3v) is 5.07. The van der Waals surface area contributed by atoms with Gasteiger partial charge in [0.2, 0.25) is 0 Å². The van der Waals surface area contributed by atoms with Crippen LogP contribution >= 0.6 is 0 Å². The number of hydrogen-bond acceptors (Lipinski definition) is 5. The Bertz CT molecular complexity index is 495. The molecule has 1 fully saturated rings. The van der Waals surface area contributed by atoms with Gasteiger partial charge in [-0.25, -0.2) is 4.79 Å². The van der Waals surface area contributed by atoms with E-state index in [-0.39, 0.29) is 0 Å². The number of carbonyl (C=O) groups excluding carboxylic acids is 1. The molecular formula is C21H42N4O4. The SMILES string of the molecule is CCC(CC)(CNC(=NC)NCCCOC1CCOCC1)NC(=O)OC(C)(C)C. The van der Waals surface area contributed by atoms with Crippen LogP contribution in [0.2, 0.25) is 0 Å². The number of rotatable bonds is 10. The van der Waals surface area contributed by atoms with Crippen molar-refractivity contribution in [3.8, 4) is 0 Å². The van der Waals surface area contributed by atoms with Gasteiger partial charge in [-0.1, -0.05) is 13.8 Å². The van der Waals surface area contributed by atoms with Crippen LogP contribution in [0.5, 0.6) is 0 Å². The number of carbonyl (C=O) groups is 1. The highest BCUT2D eigenvalue weighted by Gasteiger charge is 2.30. The van der Waals surface area contributed by atoms with Gasteiger partial charge in [0, 0.05) is 40.0 Å². The van der Waals surface area contributed by atoms with Crippen LogP contribution in [0.1, 0.15) is 66.7 Å². The Hall–Kier alpha value is -1.54. The Balaban J connectivity index is 2.37. The van der Waals surface area contributed by atoms with Crippen LogP contribution in [0, 0.1) is 0 Å². The molecule has 170 valence electrons. The van der Waals surface area contributed by atoms with Crippen molar-refractivity contribution in [2.75, 3.05) is 40.0 Å². The topological polar surface area (TPSA) is 93.2 Å². The number of guanidine groups is 1. The molecule has 1 amide bonds. The number of nitrogens with zero attached hydrogens (tertiary/aromatic N) is 1. The predicted molar refractivity (Wildman–Crippen MR) is 116 cm³/mol. The number of ether oxygens (including phenoxy) is 3. The summed E-state index contributed by atoms with van der Waals surface area (Å²) in [5.74, 6) is 0.716. The zero-order valence-corrected chi connectivity index (χ0v) is 19.2. The van der Waals surface area contributed by atoms with Crippen LogP contribution in [0.4, 0.5) is 4.79 Å². The quantitative estimate of drug-likeness (QED) is 0.289. The molecule has 8 heteroatoms. The molecule has 1 heterocycles. The van der Waals surface area contributed by atoms with Crippen molar-refractivity contribution < 1.29 is 19.0 Å². The zero-order valence-electron chi connectivity index (χ0n) is 19.2. The second-order valence-corrected chi connectivity index (χ2v) is 8.50. The first kappa shape index (κ1) is 25.5. The van der Waals surface area contributed by atoms with Crippen LogP contribution in [-0.2, 0) is 14.2 Å². The lowest BCUT2D eigenvalue weighted by molar-refractivity contribution is -0.0320. The third kappa shape index (κ3) is 10.7. The van der Waals surface area contributed by atoms with E-state index in [2.05, 4.69) is 34.8 Å². The first-order valence-corrected chi connectivity index (χ1v) is 10.9. The first-order valence-electron chi connectivity index (χ1n) is 10.9. The summed E-state index contributed by atoms with van der Waals surface area (Å²) in [6, 6.07) is 0. The maximum absolute atomic E-state index is 12.3. The van der Waals surface area contributed by atoms with Crippen LogP contribution in [-0.4, -0.2) is 69.3 Å². The highest BCUT2D eigenvalue weighted by Crippen LogP contribution is 2.16. The van der Waals surface area contributed by atoms with Gasteiger partial charge in [-0.15, -0.1) is 0 Å². The van der Waals surface area contributed by atoms with E-state index < -0.39 is 17.2 Å². The van der Waals surface area contributed by atoms with Crippen LogP contribution in [0.15, 0.2) is 4.99 Å². The molecule has 29 heavy (non-hydrogen) atoms. The summed E-state index contributed by atoms with van der Waals surface area (Å²) >= 11 is 0. The molecule has 0 saturated carbocycles. The molecule has 3 N–H and O–H groups in total. The number of nitrogens with one attached hydrogen (secondary N) is 3. The Labute approximate surface area is 176 Å². The monoisotopic (exact) mass is 414 g/mol. The maximum atomic E-state index is 12.3. The van der Waals surface area contributed by atoms with Crippen LogP contribution in [0.25, 0.3) is 0 Å². The standard InChI is InChI=1S/C21H42N4O4/c1-7-21(8-2,25-19(26)29-20(3,4)5)16-24-18(22-6)23-12-9-13-28-17-10-14-27-15-11-17/h17H,7-16H2,1-6H3,(H,25,26)(H2,22,23,24). The number of alkyl carbamates (subject to hydrolysis) is 1. The summed E-state index contributed by atoms with van der Waals surface area (Å²) in [4.78, 5) is 16.5. The molecule has 1 rings (SSSR count). The first-order chi connectivity index (χ1) is 13.7. The Kier molecular flexibility index (Phi) is 11.3. The van der Waals surface area contributed by atoms with E-state index in [1.807, 2.05) is 20.8 Å². The molecule has 0 unspecified atom stereocenters. The fraction of sp³-hybridized carbons (Fsp3) is 0.905. The lowest BCUT2D eigenvalue weighted by atomic mass is 9.93. The van der Waals surface area contributed by atoms with Crippen LogP contribution in [0.3, 0.4) is 0 Å². The molecule has 1 aliphatic rings. The average Bonchev–Trinajstić information content (AvgIpc) is 2.68. The average molecular weight is 415 g/mol. The van der Waals surface area contributed by atoms with E-state index >= 15 is 0 Å². The van der Waals surface area contributed by atoms with Gasteiger partial charge < -0.3 is 30.2 Å². The largest absolute Gasteiger partial charge is 0.444 e. The summed E-state index contributed by atoms with van der Waals surface area (Å²) < 4.78 is 16.7. The van der Waals surface area contributed by atoms with Crippen molar-refractivity contribution >= 4 is 12.1 Å². The highest BCUT2D eigenvalue weighted by atomic mass is 16.6. The predicted octanol–water partition coefficient (Wildman–Crippen LogP) is 2.82. The third-order valence-electron chi connectivity index (χ3n) is 5.07. The van der Waals surface area contributed by atoms with Gasteiger partial charge in [0.05, 0.1) is 11.6 Å². The van der Waals surface area contributed by atoms with E-state index in [0.717, 1.165) is 58.5 Å². The summed E-state index contributed by atoms with van der Waals surface area (Å²) in [7, 11) is 1.74. The van der Waals surface area contributed by atoms with Gasteiger partial charge in [0.1, 0.15) is 5.60 Å². The zero-order chi connectivity index (χ0) is 21.8. The van der Waals surface area contributed by atoms with E-state index in [9.17, 15) is 4.79 Å². The fourth-order valence-electron chi connectivity index (χ4n) is 3.09. The molecule has 0 bridgehead atoms. The van der Waals surface area contributed by atoms with E-state index in [1.54, 1.807) is 7.05 Å². The van der Waals surface area contributed by atoms with Crippen molar-refractivity contribution in [2.24, 2.45) is 4.99 Å². The van der Waals surface area contributed by atoms with E-state index in [1.165, 1.54) is 0 Å². The number of hydrogen-bond donors (Lipinski definition) is 3. The molecule has 8 nitrogen and oxygen atoms in total. The van der Waals surface area contributed by atoms with Crippen molar-refractivity contribution in [1.82, 2.24) is 16.0 Å². The minimum absolute atomic E-state index is 0.329. The molecule has 0 aromatic rings. The number of amides is 1. The second kappa shape index (κ2) is 12.9. The van der Waals surface area contributed by atoms with E-state index in [0.29, 0.717) is 18.6 Å². The van der Waals surface area contributed by atoms with Crippen molar-refractivity contribution in [1.29, 1.82) is 0 Å². The normalized spacial score (nSPS) is 16.4. The Morgan fingerprint density at radius 1 is 1.14 bits per heavy atom. The molecule has 0 aromatic carbocycles. The molecule has 1 aliphatic heterocycles. The van der Waals surface area contributed by atoms with Crippen LogP contribution < -0.4 is 16.0 Å². The molecular weight excluding hydrogens is 372 g/mol. The maximum Gasteiger partial charge on any atom is 0.408 e. The fourth-order valence-corrected chi connectivity index (χ4v) is 3.09. The van der Waals surface area contributed by atoms with Gasteiger partial charge in [0.25, 0.3) is 0 Å². The lowest BCUT2D eigenvalue weighted by Gasteiger charge is -2.34. The van der Waals surface area contributed by atoms with E-state index in [4.69, 9.17) is 14.2 Å². The molecule has 0 aliphatic carbocycles. The van der Waals surface area contributed by atoms with Gasteiger partial charge in [0.15, 0.2) is 5.96 Å². The summed E-state index contributed by atoms with van der Waals surface area (Å²) in [6.45, 7) is 13.4. The molecule has 1 saturated heterocycles. The molecule has 0 spiro atoms. The molecule has 0 atom stereocenters. The smallest absolute Gasteiger partial charge is 0.408 e. The Morgan fingerprint density at radius 3 is 2.34 bits per heavy atom. The minimum atomic E-state index is -0.519. The van der Waals surface area contributed by atoms with Crippen molar-refractivity contribution in [2.45, 2.75) is 84.0 Å². The Morgan fingerprint density at radius 2 is 1.79 bits per heavy atom. The van der Waals surface area contributed by atoms with Crippen molar-refractivity contribution in [3.05, 3.63) is 0 Å². The van der Waals surface area contributed by atoms with Gasteiger partial charge in [-0.05, 0) is 52.9 Å². The summed E-state index contributed by atoms with van der Waals surface area (Å²) in [5.41, 5.74) is -0.916. The van der Waals surface area contributed by atoms with Gasteiger partial charge in [-0.2, -0.15) is 0 Å². The minimum Gasteiger partial charge on any atom is -0.444 e. The van der Waals surface area contributed by atoms with Crippen molar-refractivity contribution in [3.63, 3.8) is 0 Å².